The molecule has 1 fully saturated rings. The van der Waals surface area contributed by atoms with E-state index in [0.717, 1.165) is 10.9 Å². The lowest BCUT2D eigenvalue weighted by atomic mass is 10.0. The van der Waals surface area contributed by atoms with E-state index in [0.29, 0.717) is 37.1 Å². The number of carboxylic acids is 1. The highest BCUT2D eigenvalue weighted by Gasteiger charge is 2.38. The van der Waals surface area contributed by atoms with Gasteiger partial charge in [-0.25, -0.2) is 4.79 Å². The van der Waals surface area contributed by atoms with Crippen LogP contribution in [0.3, 0.4) is 0 Å². The van der Waals surface area contributed by atoms with Gasteiger partial charge < -0.3 is 37.1 Å². The second-order valence-electron chi connectivity index (χ2n) is 9.27. The molecule has 1 aliphatic heterocycles. The third-order valence-electron chi connectivity index (χ3n) is 6.54. The molecule has 1 aliphatic rings. The van der Waals surface area contributed by atoms with E-state index in [1.165, 1.54) is 4.90 Å². The molecule has 1 saturated heterocycles. The van der Waals surface area contributed by atoms with E-state index in [9.17, 15) is 29.1 Å². The molecule has 0 saturated carbocycles. The summed E-state index contributed by atoms with van der Waals surface area (Å²) < 4.78 is 0. The van der Waals surface area contributed by atoms with Gasteiger partial charge in [-0.1, -0.05) is 18.2 Å². The van der Waals surface area contributed by atoms with E-state index in [2.05, 4.69) is 15.6 Å². The summed E-state index contributed by atoms with van der Waals surface area (Å²) >= 11 is 1.56. The van der Waals surface area contributed by atoms with Crippen molar-refractivity contribution in [3.8, 4) is 0 Å². The predicted octanol–water partition coefficient (Wildman–Crippen LogP) is -0.289. The Kier molecular flexibility index (Phi) is 10.1. The molecule has 4 amide bonds. The first-order chi connectivity index (χ1) is 18.1. The lowest BCUT2D eigenvalue weighted by Gasteiger charge is -2.28. The number of para-hydroxylation sites is 1. The molecule has 1 aromatic carbocycles. The van der Waals surface area contributed by atoms with Crippen LogP contribution in [-0.4, -0.2) is 87.3 Å². The Labute approximate surface area is 224 Å². The van der Waals surface area contributed by atoms with Crippen molar-refractivity contribution in [3.63, 3.8) is 0 Å². The summed E-state index contributed by atoms with van der Waals surface area (Å²) in [6.07, 6.45) is 4.43. The SMILES string of the molecule is CSCCC(N)C(=O)N1CCCC1C(=O)NC(CC(N)=O)C(=O)NC(Cc1c[nH]c2ccccc12)C(=O)O. The Hall–Kier alpha value is -3.58. The highest BCUT2D eigenvalue weighted by Crippen LogP contribution is 2.21. The second-order valence-corrected chi connectivity index (χ2v) is 10.3. The maximum Gasteiger partial charge on any atom is 0.326 e. The summed E-state index contributed by atoms with van der Waals surface area (Å²) in [6.45, 7) is 0.349. The fourth-order valence-electron chi connectivity index (χ4n) is 4.56. The smallest absolute Gasteiger partial charge is 0.326 e. The fourth-order valence-corrected chi connectivity index (χ4v) is 5.05. The Balaban J connectivity index is 1.70. The molecule has 8 N–H and O–H groups in total. The summed E-state index contributed by atoms with van der Waals surface area (Å²) in [4.78, 5) is 67.1. The molecule has 1 aromatic heterocycles. The number of benzene rings is 1. The largest absolute Gasteiger partial charge is 0.480 e. The standard InChI is InChI=1S/C25H34N6O6S/c1-38-10-8-16(26)24(35)31-9-4-7-20(31)23(34)29-18(12-21(27)32)22(33)30-19(25(36)37)11-14-13-28-17-6-3-2-5-15(14)17/h2-3,5-6,13,16,18-20,28H,4,7-12,26H2,1H3,(H2,27,32)(H,29,34)(H,30,33)(H,36,37). The number of nitrogens with one attached hydrogen (secondary N) is 3. The van der Waals surface area contributed by atoms with Crippen LogP contribution in [0.1, 0.15) is 31.2 Å². The predicted molar refractivity (Wildman–Crippen MR) is 143 cm³/mol. The number of carbonyl (C=O) groups is 5. The molecule has 0 aliphatic carbocycles. The zero-order valence-electron chi connectivity index (χ0n) is 21.1. The summed E-state index contributed by atoms with van der Waals surface area (Å²) in [5.74, 6) is -3.28. The third-order valence-corrected chi connectivity index (χ3v) is 7.18. The van der Waals surface area contributed by atoms with Gasteiger partial charge in [0, 0.05) is 30.1 Å². The van der Waals surface area contributed by atoms with Crippen LogP contribution in [0, 0.1) is 0 Å². The number of amides is 4. The Morgan fingerprint density at radius 3 is 2.61 bits per heavy atom. The lowest BCUT2D eigenvalue weighted by molar-refractivity contribution is -0.143. The molecule has 2 heterocycles. The minimum absolute atomic E-state index is 0.0266. The number of likely N-dealkylation sites (tertiary alicyclic amines) is 1. The third kappa shape index (κ3) is 7.25. The number of aromatic nitrogens is 1. The van der Waals surface area contributed by atoms with Crippen LogP contribution in [0.15, 0.2) is 30.5 Å². The van der Waals surface area contributed by atoms with E-state index in [1.807, 2.05) is 30.5 Å². The van der Waals surface area contributed by atoms with E-state index in [1.54, 1.807) is 18.0 Å². The number of hydrogen-bond acceptors (Lipinski definition) is 7. The molecule has 206 valence electrons. The van der Waals surface area contributed by atoms with Crippen LogP contribution in [0.25, 0.3) is 10.9 Å². The average molecular weight is 547 g/mol. The van der Waals surface area contributed by atoms with Gasteiger partial charge >= 0.3 is 5.97 Å². The first-order valence-corrected chi connectivity index (χ1v) is 13.7. The molecule has 38 heavy (non-hydrogen) atoms. The van der Waals surface area contributed by atoms with Crippen molar-refractivity contribution in [2.24, 2.45) is 11.5 Å². The number of carbonyl (C=O) groups excluding carboxylic acids is 4. The normalized spacial score (nSPS) is 17.5. The number of carboxylic acid groups (broad SMARTS) is 1. The summed E-state index contributed by atoms with van der Waals surface area (Å²) in [6, 6.07) is 3.00. The highest BCUT2D eigenvalue weighted by atomic mass is 32.2. The first-order valence-electron chi connectivity index (χ1n) is 12.3. The van der Waals surface area contributed by atoms with Gasteiger partial charge in [-0.05, 0) is 42.9 Å². The van der Waals surface area contributed by atoms with E-state index in [-0.39, 0.29) is 12.3 Å². The number of nitrogens with zero attached hydrogens (tertiary/aromatic N) is 1. The molecule has 12 nitrogen and oxygen atoms in total. The average Bonchev–Trinajstić information content (AvgIpc) is 3.53. The van der Waals surface area contributed by atoms with Crippen LogP contribution in [0.2, 0.25) is 0 Å². The van der Waals surface area contributed by atoms with Gasteiger partial charge in [-0.3, -0.25) is 19.2 Å². The summed E-state index contributed by atoms with van der Waals surface area (Å²) in [7, 11) is 0. The van der Waals surface area contributed by atoms with E-state index >= 15 is 0 Å². The Bertz CT molecular complexity index is 1190. The van der Waals surface area contributed by atoms with Crippen molar-refractivity contribution < 1.29 is 29.1 Å². The number of fused-ring (bicyclic) bond motifs is 1. The van der Waals surface area contributed by atoms with Crippen LogP contribution < -0.4 is 22.1 Å². The molecule has 13 heteroatoms. The van der Waals surface area contributed by atoms with Gasteiger partial charge in [0.1, 0.15) is 18.1 Å². The lowest BCUT2D eigenvalue weighted by Crippen LogP contribution is -2.57. The number of nitrogens with two attached hydrogens (primary N) is 2. The molecule has 3 rings (SSSR count). The van der Waals surface area contributed by atoms with Crippen molar-refractivity contribution in [1.82, 2.24) is 20.5 Å². The Morgan fingerprint density at radius 1 is 1.18 bits per heavy atom. The van der Waals surface area contributed by atoms with Crippen LogP contribution in [0.5, 0.6) is 0 Å². The second kappa shape index (κ2) is 13.3. The van der Waals surface area contributed by atoms with E-state index in [4.69, 9.17) is 11.5 Å². The molecule has 4 atom stereocenters. The van der Waals surface area contributed by atoms with Crippen LogP contribution in [0.4, 0.5) is 0 Å². The number of aromatic amines is 1. The first kappa shape index (κ1) is 29.0. The maximum atomic E-state index is 13.1. The Morgan fingerprint density at radius 2 is 1.92 bits per heavy atom. The van der Waals surface area contributed by atoms with Gasteiger partial charge in [-0.2, -0.15) is 11.8 Å². The van der Waals surface area contributed by atoms with Gasteiger partial charge in [0.25, 0.3) is 0 Å². The van der Waals surface area contributed by atoms with E-state index < -0.39 is 54.3 Å². The monoisotopic (exact) mass is 546 g/mol. The summed E-state index contributed by atoms with van der Waals surface area (Å²) in [5, 5.41) is 15.5. The molecule has 0 bridgehead atoms. The minimum atomic E-state index is -1.41. The molecular weight excluding hydrogens is 512 g/mol. The number of hydrogen-bond donors (Lipinski definition) is 6. The van der Waals surface area contributed by atoms with Crippen molar-refractivity contribution >= 4 is 52.3 Å². The van der Waals surface area contributed by atoms with Crippen molar-refractivity contribution in [2.45, 2.75) is 56.3 Å². The number of primary amides is 1. The zero-order valence-corrected chi connectivity index (χ0v) is 22.0. The molecule has 0 spiro atoms. The number of H-pyrrole nitrogens is 1. The van der Waals surface area contributed by atoms with Gasteiger partial charge in [-0.15, -0.1) is 0 Å². The topological polar surface area (TPSA) is 201 Å². The fraction of sp³-hybridized carbons (Fsp3) is 0.480. The van der Waals surface area contributed by atoms with Gasteiger partial charge in [0.05, 0.1) is 12.5 Å². The molecule has 2 aromatic rings. The van der Waals surface area contributed by atoms with Gasteiger partial charge in [0.15, 0.2) is 0 Å². The number of thioether (sulfide) groups is 1. The van der Waals surface area contributed by atoms with Crippen molar-refractivity contribution in [1.29, 1.82) is 0 Å². The van der Waals surface area contributed by atoms with Gasteiger partial charge in [0.2, 0.25) is 23.6 Å². The molecule has 4 unspecified atom stereocenters. The van der Waals surface area contributed by atoms with Crippen LogP contribution >= 0.6 is 11.8 Å². The van der Waals surface area contributed by atoms with Crippen LogP contribution in [-0.2, 0) is 30.4 Å². The van der Waals surface area contributed by atoms with Crippen molar-refractivity contribution in [3.05, 3.63) is 36.0 Å². The molecular formula is C25H34N6O6S. The summed E-state index contributed by atoms with van der Waals surface area (Å²) in [5.41, 5.74) is 12.8. The number of aliphatic carboxylic acids is 1. The zero-order chi connectivity index (χ0) is 27.8. The highest BCUT2D eigenvalue weighted by molar-refractivity contribution is 7.98. The minimum Gasteiger partial charge on any atom is -0.480 e. The molecule has 0 radical (unpaired) electrons. The maximum absolute atomic E-state index is 13.1. The number of rotatable bonds is 13. The van der Waals surface area contributed by atoms with Crippen molar-refractivity contribution in [2.75, 3.05) is 18.6 Å². The quantitative estimate of drug-likeness (QED) is 0.197.